The Morgan fingerprint density at radius 3 is 1.94 bits per heavy atom. The highest BCUT2D eigenvalue weighted by atomic mass is 16.4. The Labute approximate surface area is 211 Å². The van der Waals surface area contributed by atoms with Gasteiger partial charge in [0, 0.05) is 12.8 Å². The molecule has 0 fully saturated rings. The van der Waals surface area contributed by atoms with E-state index < -0.39 is 53.8 Å². The summed E-state index contributed by atoms with van der Waals surface area (Å²) >= 11 is 0. The number of aliphatic carboxylic acids is 1. The number of nitrogens with one attached hydrogen (secondary N) is 3. The number of carbonyl (C=O) groups is 5. The van der Waals surface area contributed by atoms with Gasteiger partial charge in [0.15, 0.2) is 0 Å². The van der Waals surface area contributed by atoms with Crippen molar-refractivity contribution in [2.75, 3.05) is 0 Å². The number of nitrogens with two attached hydrogens (primary N) is 2. The molecule has 8 N–H and O–H groups in total. The summed E-state index contributed by atoms with van der Waals surface area (Å²) in [5.41, 5.74) is 11.9. The summed E-state index contributed by atoms with van der Waals surface area (Å²) in [5, 5.41) is 17.2. The first kappa shape index (κ1) is 30.6. The van der Waals surface area contributed by atoms with Gasteiger partial charge in [-0.3, -0.25) is 19.2 Å². The van der Waals surface area contributed by atoms with Gasteiger partial charge in [-0.2, -0.15) is 0 Å². The van der Waals surface area contributed by atoms with Gasteiger partial charge < -0.3 is 32.5 Å². The number of benzene rings is 1. The number of amides is 4. The summed E-state index contributed by atoms with van der Waals surface area (Å²) in [6, 6.07) is 4.61. The molecule has 4 amide bonds. The fourth-order valence-electron chi connectivity index (χ4n) is 3.39. The lowest BCUT2D eigenvalue weighted by molar-refractivity contribution is -0.144. The first-order valence-electron chi connectivity index (χ1n) is 12.1. The maximum absolute atomic E-state index is 13.3. The Morgan fingerprint density at radius 1 is 0.889 bits per heavy atom. The standard InChI is InChI=1S/C25H39N5O6/c1-5-15(4)21(25(35)36)30-22(32)17(11-12-19(26)31)28-23(33)18(13-16-9-7-6-8-10-16)29-24(34)20(27)14(2)3/h6-10,14-15,17-18,20-21H,5,11-13,27H2,1-4H3,(H2,26,31)(H,28,33)(H,29,34)(H,30,32)(H,35,36). The molecule has 0 aromatic heterocycles. The molecule has 5 atom stereocenters. The average molecular weight is 506 g/mol. The maximum atomic E-state index is 13.3. The lowest BCUT2D eigenvalue weighted by Gasteiger charge is -2.27. The van der Waals surface area contributed by atoms with Gasteiger partial charge in [-0.1, -0.05) is 64.4 Å². The van der Waals surface area contributed by atoms with Crippen LogP contribution in [0.4, 0.5) is 0 Å². The minimum absolute atomic E-state index is 0.123. The maximum Gasteiger partial charge on any atom is 0.326 e. The second-order valence-corrected chi connectivity index (χ2v) is 9.30. The van der Waals surface area contributed by atoms with E-state index in [-0.39, 0.29) is 31.1 Å². The molecule has 0 aliphatic heterocycles. The van der Waals surface area contributed by atoms with Gasteiger partial charge in [0.2, 0.25) is 23.6 Å². The van der Waals surface area contributed by atoms with Crippen molar-refractivity contribution in [3.63, 3.8) is 0 Å². The highest BCUT2D eigenvalue weighted by Gasteiger charge is 2.32. The molecular formula is C25H39N5O6. The van der Waals surface area contributed by atoms with Crippen LogP contribution in [0, 0.1) is 11.8 Å². The third-order valence-corrected chi connectivity index (χ3v) is 6.03. The number of hydrogen-bond acceptors (Lipinski definition) is 6. The quantitative estimate of drug-likeness (QED) is 0.194. The van der Waals surface area contributed by atoms with Crippen LogP contribution in [0.2, 0.25) is 0 Å². The monoisotopic (exact) mass is 505 g/mol. The fourth-order valence-corrected chi connectivity index (χ4v) is 3.39. The van der Waals surface area contributed by atoms with Crippen molar-refractivity contribution in [2.24, 2.45) is 23.3 Å². The zero-order valence-corrected chi connectivity index (χ0v) is 21.3. The Morgan fingerprint density at radius 2 is 1.44 bits per heavy atom. The van der Waals surface area contributed by atoms with Crippen molar-refractivity contribution in [1.29, 1.82) is 0 Å². The van der Waals surface area contributed by atoms with Crippen LogP contribution in [0.15, 0.2) is 30.3 Å². The minimum atomic E-state index is -1.25. The lowest BCUT2D eigenvalue weighted by Crippen LogP contribution is -2.58. The van der Waals surface area contributed by atoms with E-state index in [1.165, 1.54) is 0 Å². The SMILES string of the molecule is CCC(C)C(NC(=O)C(CCC(N)=O)NC(=O)C(Cc1ccccc1)NC(=O)C(N)C(C)C)C(=O)O. The summed E-state index contributed by atoms with van der Waals surface area (Å²) in [5.74, 6) is -4.41. The van der Waals surface area contributed by atoms with Crippen molar-refractivity contribution >= 4 is 29.6 Å². The Bertz CT molecular complexity index is 907. The number of rotatable bonds is 15. The highest BCUT2D eigenvalue weighted by molar-refractivity contribution is 5.94. The van der Waals surface area contributed by atoms with Crippen LogP contribution in [-0.2, 0) is 30.4 Å². The Hall–Kier alpha value is -3.47. The third-order valence-electron chi connectivity index (χ3n) is 6.03. The number of carboxylic acid groups (broad SMARTS) is 1. The molecule has 0 spiro atoms. The molecule has 11 nitrogen and oxygen atoms in total. The van der Waals surface area contributed by atoms with Crippen molar-refractivity contribution in [2.45, 2.75) is 77.5 Å². The Kier molecular flexibility index (Phi) is 12.6. The number of carboxylic acids is 1. The van der Waals surface area contributed by atoms with Gasteiger partial charge in [0.05, 0.1) is 6.04 Å². The van der Waals surface area contributed by atoms with E-state index in [0.717, 1.165) is 5.56 Å². The smallest absolute Gasteiger partial charge is 0.326 e. The topological polar surface area (TPSA) is 194 Å². The lowest BCUT2D eigenvalue weighted by atomic mass is 9.98. The van der Waals surface area contributed by atoms with Crippen molar-refractivity contribution in [1.82, 2.24) is 16.0 Å². The van der Waals surface area contributed by atoms with Crippen LogP contribution in [-0.4, -0.2) is 58.9 Å². The predicted molar refractivity (Wildman–Crippen MR) is 134 cm³/mol. The van der Waals surface area contributed by atoms with E-state index in [9.17, 15) is 29.1 Å². The fraction of sp³-hybridized carbons (Fsp3) is 0.560. The first-order chi connectivity index (χ1) is 16.9. The van der Waals surface area contributed by atoms with E-state index in [4.69, 9.17) is 11.5 Å². The normalized spacial score (nSPS) is 15.2. The number of primary amides is 1. The van der Waals surface area contributed by atoms with E-state index in [1.54, 1.807) is 52.0 Å². The highest BCUT2D eigenvalue weighted by Crippen LogP contribution is 2.10. The summed E-state index contributed by atoms with van der Waals surface area (Å²) in [6.45, 7) is 7.02. The predicted octanol–water partition coefficient (Wildman–Crippen LogP) is 0.0630. The molecule has 0 radical (unpaired) electrons. The summed E-state index contributed by atoms with van der Waals surface area (Å²) in [6.07, 6.45) is 0.263. The van der Waals surface area contributed by atoms with Crippen LogP contribution in [0.3, 0.4) is 0 Å². The Balaban J connectivity index is 3.16. The zero-order valence-electron chi connectivity index (χ0n) is 21.3. The largest absolute Gasteiger partial charge is 0.480 e. The second-order valence-electron chi connectivity index (χ2n) is 9.30. The molecule has 36 heavy (non-hydrogen) atoms. The van der Waals surface area contributed by atoms with Crippen LogP contribution in [0.5, 0.6) is 0 Å². The molecule has 1 aromatic carbocycles. The third kappa shape index (κ3) is 10.0. The molecule has 0 saturated heterocycles. The molecule has 0 bridgehead atoms. The van der Waals surface area contributed by atoms with E-state index in [0.29, 0.717) is 6.42 Å². The van der Waals surface area contributed by atoms with Gasteiger partial charge in [0.1, 0.15) is 18.1 Å². The van der Waals surface area contributed by atoms with Gasteiger partial charge in [-0.25, -0.2) is 4.79 Å². The zero-order chi connectivity index (χ0) is 27.4. The first-order valence-corrected chi connectivity index (χ1v) is 12.1. The minimum Gasteiger partial charge on any atom is -0.480 e. The molecule has 0 heterocycles. The molecule has 11 heteroatoms. The van der Waals surface area contributed by atoms with Crippen LogP contribution in [0.1, 0.15) is 52.5 Å². The molecule has 0 aliphatic carbocycles. The van der Waals surface area contributed by atoms with Crippen molar-refractivity contribution in [3.8, 4) is 0 Å². The second kappa shape index (κ2) is 14.8. The van der Waals surface area contributed by atoms with Crippen LogP contribution >= 0.6 is 0 Å². The van der Waals surface area contributed by atoms with Gasteiger partial charge in [-0.05, 0) is 23.8 Å². The molecule has 1 rings (SSSR count). The van der Waals surface area contributed by atoms with Gasteiger partial charge in [0.25, 0.3) is 0 Å². The van der Waals surface area contributed by atoms with E-state index in [1.807, 2.05) is 6.07 Å². The van der Waals surface area contributed by atoms with E-state index in [2.05, 4.69) is 16.0 Å². The molecule has 0 aliphatic rings. The number of hydrogen-bond donors (Lipinski definition) is 6. The molecular weight excluding hydrogens is 466 g/mol. The summed E-state index contributed by atoms with van der Waals surface area (Å²) in [7, 11) is 0. The van der Waals surface area contributed by atoms with Gasteiger partial charge in [-0.15, -0.1) is 0 Å². The molecule has 200 valence electrons. The molecule has 0 saturated carbocycles. The van der Waals surface area contributed by atoms with Crippen molar-refractivity contribution in [3.05, 3.63) is 35.9 Å². The van der Waals surface area contributed by atoms with Crippen LogP contribution < -0.4 is 27.4 Å². The van der Waals surface area contributed by atoms with Crippen molar-refractivity contribution < 1.29 is 29.1 Å². The average Bonchev–Trinajstić information content (AvgIpc) is 2.83. The van der Waals surface area contributed by atoms with Crippen LogP contribution in [0.25, 0.3) is 0 Å². The number of carbonyl (C=O) groups excluding carboxylic acids is 4. The summed E-state index contributed by atoms with van der Waals surface area (Å²) in [4.78, 5) is 61.9. The molecule has 1 aromatic rings. The summed E-state index contributed by atoms with van der Waals surface area (Å²) < 4.78 is 0. The molecule has 5 unspecified atom stereocenters. The van der Waals surface area contributed by atoms with E-state index >= 15 is 0 Å². The van der Waals surface area contributed by atoms with Gasteiger partial charge >= 0.3 is 5.97 Å².